The van der Waals surface area contributed by atoms with Gasteiger partial charge < -0.3 is 21.1 Å². The van der Waals surface area contributed by atoms with E-state index in [1.165, 1.54) is 11.1 Å². The summed E-state index contributed by atoms with van der Waals surface area (Å²) in [5.74, 6) is 0.978. The molecule has 3 rings (SSSR count). The second kappa shape index (κ2) is 5.83. The zero-order valence-corrected chi connectivity index (χ0v) is 13.3. The van der Waals surface area contributed by atoms with Crippen molar-refractivity contribution >= 4 is 17.4 Å². The number of nitrogens with two attached hydrogens (primary N) is 1. The van der Waals surface area contributed by atoms with Crippen LogP contribution >= 0.6 is 0 Å². The number of primary amides is 1. The first kappa shape index (κ1) is 15.2. The molecule has 5 nitrogen and oxygen atoms in total. The normalized spacial score (nSPS) is 14.7. The van der Waals surface area contributed by atoms with Gasteiger partial charge in [-0.1, -0.05) is 18.2 Å². The summed E-state index contributed by atoms with van der Waals surface area (Å²) in [6, 6.07) is 13.2. The van der Waals surface area contributed by atoms with E-state index in [4.69, 9.17) is 10.5 Å². The maximum atomic E-state index is 10.9. The molecule has 0 aromatic heterocycles. The number of carbonyl (C=O) groups excluding carboxylic acids is 1. The predicted molar refractivity (Wildman–Crippen MR) is 91.8 cm³/mol. The molecule has 0 unspecified atom stereocenters. The highest BCUT2D eigenvalue weighted by Gasteiger charge is 2.29. The van der Waals surface area contributed by atoms with Crippen LogP contribution in [-0.4, -0.2) is 11.6 Å². The van der Waals surface area contributed by atoms with Crippen molar-refractivity contribution in [2.24, 2.45) is 5.73 Å². The third-order valence-electron chi connectivity index (χ3n) is 3.75. The Balaban J connectivity index is 1.67. The van der Waals surface area contributed by atoms with Crippen LogP contribution in [0, 0.1) is 0 Å². The lowest BCUT2D eigenvalue weighted by molar-refractivity contribution is 0.138. The number of carbonyl (C=O) groups is 1. The third-order valence-corrected chi connectivity index (χ3v) is 3.75. The van der Waals surface area contributed by atoms with E-state index in [0.717, 1.165) is 17.9 Å². The number of benzene rings is 2. The molecular weight excluding hydrogens is 290 g/mol. The molecule has 4 N–H and O–H groups in total. The first-order valence-electron chi connectivity index (χ1n) is 7.62. The lowest BCUT2D eigenvalue weighted by Gasteiger charge is -2.16. The van der Waals surface area contributed by atoms with E-state index in [9.17, 15) is 4.79 Å². The molecule has 1 aliphatic rings. The fourth-order valence-corrected chi connectivity index (χ4v) is 2.83. The van der Waals surface area contributed by atoms with Gasteiger partial charge >= 0.3 is 6.03 Å². The topological polar surface area (TPSA) is 76.4 Å². The molecule has 0 fully saturated rings. The molecule has 0 atom stereocenters. The number of rotatable bonds is 4. The van der Waals surface area contributed by atoms with E-state index in [-0.39, 0.29) is 5.60 Å². The van der Waals surface area contributed by atoms with Crippen LogP contribution in [0.25, 0.3) is 0 Å². The number of ether oxygens (including phenoxy) is 1. The molecule has 2 amide bonds. The van der Waals surface area contributed by atoms with Crippen molar-refractivity contribution in [1.29, 1.82) is 0 Å². The van der Waals surface area contributed by atoms with Gasteiger partial charge in [0.2, 0.25) is 0 Å². The summed E-state index contributed by atoms with van der Waals surface area (Å²) >= 11 is 0. The largest absolute Gasteiger partial charge is 0.487 e. The molecule has 0 spiro atoms. The van der Waals surface area contributed by atoms with Gasteiger partial charge in [-0.25, -0.2) is 4.79 Å². The van der Waals surface area contributed by atoms with Gasteiger partial charge in [0.25, 0.3) is 0 Å². The van der Waals surface area contributed by atoms with E-state index in [2.05, 4.69) is 36.6 Å². The minimum atomic E-state index is -0.566. The Morgan fingerprint density at radius 3 is 2.78 bits per heavy atom. The molecule has 0 bridgehead atoms. The molecule has 5 heteroatoms. The number of anilines is 2. The Bertz CT molecular complexity index is 741. The van der Waals surface area contributed by atoms with Crippen molar-refractivity contribution < 1.29 is 9.53 Å². The van der Waals surface area contributed by atoms with Gasteiger partial charge in [-0.3, -0.25) is 0 Å². The van der Waals surface area contributed by atoms with E-state index in [1.807, 2.05) is 24.3 Å². The lowest BCUT2D eigenvalue weighted by atomic mass is 10.0. The summed E-state index contributed by atoms with van der Waals surface area (Å²) in [6.45, 7) is 4.90. The van der Waals surface area contributed by atoms with Crippen LogP contribution in [0.3, 0.4) is 0 Å². The highest BCUT2D eigenvalue weighted by atomic mass is 16.5. The van der Waals surface area contributed by atoms with Crippen molar-refractivity contribution in [3.63, 3.8) is 0 Å². The molecule has 2 aromatic carbocycles. The van der Waals surface area contributed by atoms with Crippen molar-refractivity contribution in [1.82, 2.24) is 0 Å². The Hall–Kier alpha value is -2.69. The highest BCUT2D eigenvalue weighted by Crippen LogP contribution is 2.35. The van der Waals surface area contributed by atoms with Crippen LogP contribution in [-0.2, 0) is 13.0 Å². The molecular formula is C18H21N3O2. The molecule has 2 aromatic rings. The Labute approximate surface area is 135 Å². The van der Waals surface area contributed by atoms with Gasteiger partial charge in [0.05, 0.1) is 0 Å². The van der Waals surface area contributed by atoms with Crippen molar-refractivity contribution in [3.8, 4) is 5.75 Å². The molecule has 0 aliphatic carbocycles. The Kier molecular flexibility index (Phi) is 3.86. The van der Waals surface area contributed by atoms with E-state index in [0.29, 0.717) is 12.2 Å². The van der Waals surface area contributed by atoms with Gasteiger partial charge in [0.1, 0.15) is 11.4 Å². The van der Waals surface area contributed by atoms with Crippen LogP contribution in [0.5, 0.6) is 5.75 Å². The average Bonchev–Trinajstić information content (AvgIpc) is 2.78. The maximum absolute atomic E-state index is 10.9. The van der Waals surface area contributed by atoms with Crippen molar-refractivity contribution in [2.75, 3.05) is 10.6 Å². The number of fused-ring (bicyclic) bond motifs is 1. The van der Waals surface area contributed by atoms with Crippen LogP contribution in [0.15, 0.2) is 42.5 Å². The van der Waals surface area contributed by atoms with Gasteiger partial charge in [0.15, 0.2) is 0 Å². The maximum Gasteiger partial charge on any atom is 0.316 e. The zero-order valence-electron chi connectivity index (χ0n) is 13.3. The number of urea groups is 1. The molecule has 0 saturated carbocycles. The van der Waals surface area contributed by atoms with Crippen LogP contribution in [0.2, 0.25) is 0 Å². The molecule has 1 heterocycles. The molecule has 0 saturated heterocycles. The summed E-state index contributed by atoms with van der Waals surface area (Å²) < 4.78 is 5.89. The van der Waals surface area contributed by atoms with Gasteiger partial charge in [-0.2, -0.15) is 0 Å². The zero-order chi connectivity index (χ0) is 16.4. The van der Waals surface area contributed by atoms with Gasteiger partial charge in [0, 0.05) is 24.3 Å². The van der Waals surface area contributed by atoms with Crippen molar-refractivity contribution in [3.05, 3.63) is 53.6 Å². The third kappa shape index (κ3) is 3.74. The van der Waals surface area contributed by atoms with Gasteiger partial charge in [-0.15, -0.1) is 0 Å². The van der Waals surface area contributed by atoms with Crippen LogP contribution in [0.1, 0.15) is 25.0 Å². The van der Waals surface area contributed by atoms with Gasteiger partial charge in [-0.05, 0) is 49.2 Å². The summed E-state index contributed by atoms with van der Waals surface area (Å²) in [6.07, 6.45) is 0.925. The quantitative estimate of drug-likeness (QED) is 0.809. The SMILES string of the molecule is CC1(C)Cc2cc(CNc3cccc(NC(N)=O)c3)ccc2O1. The Morgan fingerprint density at radius 2 is 2.00 bits per heavy atom. The standard InChI is InChI=1S/C18H21N3O2/c1-18(2)10-13-8-12(6-7-16(13)23-18)11-20-14-4-3-5-15(9-14)21-17(19)22/h3-9,20H,10-11H2,1-2H3,(H3,19,21,22). The highest BCUT2D eigenvalue weighted by molar-refractivity contribution is 5.88. The van der Waals surface area contributed by atoms with E-state index >= 15 is 0 Å². The smallest absolute Gasteiger partial charge is 0.316 e. The Morgan fingerprint density at radius 1 is 1.22 bits per heavy atom. The fourth-order valence-electron chi connectivity index (χ4n) is 2.83. The van der Waals surface area contributed by atoms with E-state index < -0.39 is 6.03 Å². The summed E-state index contributed by atoms with van der Waals surface area (Å²) in [5, 5.41) is 5.92. The minimum absolute atomic E-state index is 0.122. The monoisotopic (exact) mass is 311 g/mol. The first-order valence-corrected chi connectivity index (χ1v) is 7.62. The molecule has 1 aliphatic heterocycles. The number of hydrogen-bond donors (Lipinski definition) is 3. The second-order valence-electron chi connectivity index (χ2n) is 6.40. The van der Waals surface area contributed by atoms with Crippen LogP contribution in [0.4, 0.5) is 16.2 Å². The molecule has 0 radical (unpaired) electrons. The summed E-state index contributed by atoms with van der Waals surface area (Å²) in [7, 11) is 0. The minimum Gasteiger partial charge on any atom is -0.487 e. The number of nitrogens with one attached hydrogen (secondary N) is 2. The molecule has 23 heavy (non-hydrogen) atoms. The number of hydrogen-bond acceptors (Lipinski definition) is 3. The fraction of sp³-hybridized carbons (Fsp3) is 0.278. The van der Waals surface area contributed by atoms with Crippen molar-refractivity contribution in [2.45, 2.75) is 32.4 Å². The predicted octanol–water partition coefficient (Wildman–Crippen LogP) is 3.50. The lowest BCUT2D eigenvalue weighted by Crippen LogP contribution is -2.24. The summed E-state index contributed by atoms with van der Waals surface area (Å²) in [4.78, 5) is 10.9. The number of amides is 2. The summed E-state index contributed by atoms with van der Waals surface area (Å²) in [5.41, 5.74) is 9.05. The van der Waals surface area contributed by atoms with Crippen LogP contribution < -0.4 is 21.1 Å². The molecule has 120 valence electrons. The average molecular weight is 311 g/mol. The second-order valence-corrected chi connectivity index (χ2v) is 6.40. The first-order chi connectivity index (χ1) is 10.9. The van der Waals surface area contributed by atoms with E-state index in [1.54, 1.807) is 6.07 Å².